The number of hydrogen-bond donors (Lipinski definition) is 3. The molecule has 0 saturated carbocycles. The average Bonchev–Trinajstić information content (AvgIpc) is 2.60. The lowest BCUT2D eigenvalue weighted by molar-refractivity contribution is 0.161. The maximum atomic E-state index is 10.2. The summed E-state index contributed by atoms with van der Waals surface area (Å²) < 4.78 is 9.60. The third kappa shape index (κ3) is 3.81. The molecule has 0 spiro atoms. The van der Waals surface area contributed by atoms with Gasteiger partial charge in [0.1, 0.15) is 6.61 Å². The summed E-state index contributed by atoms with van der Waals surface area (Å²) >= 11 is 0. The standard InChI is InChI=1S/C7H13N5O3/c1-4(8)5-11-12-7(15-5)10-2-3-14-6(9)13/h4H,2-3,8H2,1H3,(H2,9,13)(H,10,12). The van der Waals surface area contributed by atoms with Gasteiger partial charge in [-0.05, 0) is 6.92 Å². The highest BCUT2D eigenvalue weighted by Gasteiger charge is 2.08. The van der Waals surface area contributed by atoms with E-state index in [0.717, 1.165) is 0 Å². The van der Waals surface area contributed by atoms with Gasteiger partial charge >= 0.3 is 12.1 Å². The van der Waals surface area contributed by atoms with Gasteiger partial charge in [0.15, 0.2) is 0 Å². The van der Waals surface area contributed by atoms with Gasteiger partial charge in [0.2, 0.25) is 5.89 Å². The van der Waals surface area contributed by atoms with Crippen LogP contribution in [0.4, 0.5) is 10.8 Å². The molecule has 0 bridgehead atoms. The molecular weight excluding hydrogens is 202 g/mol. The van der Waals surface area contributed by atoms with Crippen LogP contribution in [-0.4, -0.2) is 29.4 Å². The lowest BCUT2D eigenvalue weighted by atomic mass is 10.4. The number of rotatable bonds is 5. The Hall–Kier alpha value is -1.83. The number of carbonyl (C=O) groups excluding carboxylic acids is 1. The molecule has 0 saturated heterocycles. The van der Waals surface area contributed by atoms with E-state index >= 15 is 0 Å². The van der Waals surface area contributed by atoms with Crippen molar-refractivity contribution in [3.63, 3.8) is 0 Å². The normalized spacial score (nSPS) is 12.1. The molecule has 15 heavy (non-hydrogen) atoms. The van der Waals surface area contributed by atoms with E-state index in [4.69, 9.17) is 15.9 Å². The van der Waals surface area contributed by atoms with Crippen molar-refractivity contribution in [2.45, 2.75) is 13.0 Å². The van der Waals surface area contributed by atoms with E-state index in [1.165, 1.54) is 0 Å². The second-order valence-corrected chi connectivity index (χ2v) is 2.83. The number of anilines is 1. The lowest BCUT2D eigenvalue weighted by Gasteiger charge is -2.01. The Bertz CT molecular complexity index is 324. The van der Waals surface area contributed by atoms with Gasteiger partial charge in [-0.25, -0.2) is 4.79 Å². The number of primary amides is 1. The molecule has 8 heteroatoms. The van der Waals surface area contributed by atoms with Crippen molar-refractivity contribution in [2.75, 3.05) is 18.5 Å². The summed E-state index contributed by atoms with van der Waals surface area (Å²) in [7, 11) is 0. The summed E-state index contributed by atoms with van der Waals surface area (Å²) in [6.07, 6.45) is -0.821. The molecule has 5 N–H and O–H groups in total. The number of nitrogens with one attached hydrogen (secondary N) is 1. The van der Waals surface area contributed by atoms with E-state index in [1.54, 1.807) is 6.92 Å². The smallest absolute Gasteiger partial charge is 0.404 e. The monoisotopic (exact) mass is 215 g/mol. The average molecular weight is 215 g/mol. The highest BCUT2D eigenvalue weighted by atomic mass is 16.5. The van der Waals surface area contributed by atoms with E-state index in [9.17, 15) is 4.79 Å². The maximum absolute atomic E-state index is 10.2. The Morgan fingerprint density at radius 1 is 1.67 bits per heavy atom. The van der Waals surface area contributed by atoms with E-state index < -0.39 is 6.09 Å². The van der Waals surface area contributed by atoms with Gasteiger partial charge in [0, 0.05) is 0 Å². The molecular formula is C7H13N5O3. The minimum absolute atomic E-state index is 0.130. The quantitative estimate of drug-likeness (QED) is 0.569. The number of ether oxygens (including phenoxy) is 1. The fraction of sp³-hybridized carbons (Fsp3) is 0.571. The predicted molar refractivity (Wildman–Crippen MR) is 50.9 cm³/mol. The van der Waals surface area contributed by atoms with Crippen LogP contribution in [0.15, 0.2) is 4.42 Å². The minimum atomic E-state index is -0.821. The van der Waals surface area contributed by atoms with Crippen molar-refractivity contribution in [3.05, 3.63) is 5.89 Å². The van der Waals surface area contributed by atoms with Gasteiger partial charge in [-0.15, -0.1) is 5.10 Å². The van der Waals surface area contributed by atoms with Crippen molar-refractivity contribution >= 4 is 12.1 Å². The molecule has 1 rings (SSSR count). The SMILES string of the molecule is CC(N)c1nnc(NCCOC(N)=O)o1. The fourth-order valence-electron chi connectivity index (χ4n) is 0.800. The Labute approximate surface area is 86.0 Å². The number of hydrogen-bond acceptors (Lipinski definition) is 7. The summed E-state index contributed by atoms with van der Waals surface area (Å²) in [6, 6.07) is -0.0784. The Morgan fingerprint density at radius 2 is 2.40 bits per heavy atom. The second kappa shape index (κ2) is 5.15. The van der Waals surface area contributed by atoms with Gasteiger partial charge in [-0.1, -0.05) is 5.10 Å². The van der Waals surface area contributed by atoms with Gasteiger partial charge in [0.05, 0.1) is 12.6 Å². The van der Waals surface area contributed by atoms with Crippen LogP contribution in [0.2, 0.25) is 0 Å². The molecule has 1 atom stereocenters. The van der Waals surface area contributed by atoms with Crippen LogP contribution < -0.4 is 16.8 Å². The van der Waals surface area contributed by atoms with Gasteiger partial charge in [0.25, 0.3) is 0 Å². The van der Waals surface area contributed by atoms with Crippen molar-refractivity contribution in [2.24, 2.45) is 11.5 Å². The van der Waals surface area contributed by atoms with Crippen molar-refractivity contribution < 1.29 is 13.9 Å². The molecule has 0 aliphatic rings. The van der Waals surface area contributed by atoms with Gasteiger partial charge in [-0.2, -0.15) is 0 Å². The van der Waals surface area contributed by atoms with Gasteiger partial charge < -0.3 is 25.9 Å². The highest BCUT2D eigenvalue weighted by Crippen LogP contribution is 2.10. The first-order chi connectivity index (χ1) is 7.09. The summed E-state index contributed by atoms with van der Waals surface area (Å²) in [5.74, 6) is 0.341. The van der Waals surface area contributed by atoms with Crippen LogP contribution in [0.25, 0.3) is 0 Å². The van der Waals surface area contributed by atoms with Crippen molar-refractivity contribution in [3.8, 4) is 0 Å². The molecule has 0 fully saturated rings. The Balaban J connectivity index is 2.28. The Morgan fingerprint density at radius 3 is 2.93 bits per heavy atom. The number of amides is 1. The van der Waals surface area contributed by atoms with Crippen LogP contribution in [0.1, 0.15) is 18.9 Å². The zero-order chi connectivity index (χ0) is 11.3. The summed E-state index contributed by atoms with van der Waals surface area (Å²) in [5.41, 5.74) is 10.3. The largest absolute Gasteiger partial charge is 0.448 e. The summed E-state index contributed by atoms with van der Waals surface area (Å²) in [5, 5.41) is 10.1. The molecule has 0 aliphatic heterocycles. The molecule has 0 radical (unpaired) electrons. The van der Waals surface area contributed by atoms with Crippen LogP contribution in [0, 0.1) is 0 Å². The predicted octanol–water partition coefficient (Wildman–Crippen LogP) is -0.404. The first kappa shape index (κ1) is 11.2. The topological polar surface area (TPSA) is 129 Å². The van der Waals surface area contributed by atoms with Gasteiger partial charge in [-0.3, -0.25) is 0 Å². The number of aromatic nitrogens is 2. The Kier molecular flexibility index (Phi) is 3.86. The van der Waals surface area contributed by atoms with E-state index in [2.05, 4.69) is 20.3 Å². The second-order valence-electron chi connectivity index (χ2n) is 2.83. The molecule has 0 aliphatic carbocycles. The van der Waals surface area contributed by atoms with Crippen LogP contribution >= 0.6 is 0 Å². The van der Waals surface area contributed by atoms with Crippen LogP contribution in [-0.2, 0) is 4.74 Å². The molecule has 1 aromatic rings. The maximum Gasteiger partial charge on any atom is 0.404 e. The molecule has 0 aromatic carbocycles. The minimum Gasteiger partial charge on any atom is -0.448 e. The van der Waals surface area contributed by atoms with E-state index in [-0.39, 0.29) is 18.7 Å². The number of nitrogens with two attached hydrogens (primary N) is 2. The molecule has 84 valence electrons. The summed E-state index contributed by atoms with van der Waals surface area (Å²) in [4.78, 5) is 10.2. The highest BCUT2D eigenvalue weighted by molar-refractivity contribution is 5.64. The third-order valence-electron chi connectivity index (χ3n) is 1.45. The van der Waals surface area contributed by atoms with E-state index in [1.807, 2.05) is 0 Å². The summed E-state index contributed by atoms with van der Waals surface area (Å²) in [6.45, 7) is 2.20. The van der Waals surface area contributed by atoms with Crippen molar-refractivity contribution in [1.29, 1.82) is 0 Å². The molecule has 1 amide bonds. The first-order valence-electron chi connectivity index (χ1n) is 4.34. The van der Waals surface area contributed by atoms with Crippen LogP contribution in [0.3, 0.4) is 0 Å². The number of nitrogens with zero attached hydrogens (tertiary/aromatic N) is 2. The third-order valence-corrected chi connectivity index (χ3v) is 1.45. The molecule has 1 aromatic heterocycles. The zero-order valence-corrected chi connectivity index (χ0v) is 8.27. The lowest BCUT2D eigenvalue weighted by Crippen LogP contribution is -2.18. The van der Waals surface area contributed by atoms with E-state index in [0.29, 0.717) is 12.4 Å². The zero-order valence-electron chi connectivity index (χ0n) is 8.27. The van der Waals surface area contributed by atoms with Crippen LogP contribution in [0.5, 0.6) is 0 Å². The first-order valence-corrected chi connectivity index (χ1v) is 4.34. The fourth-order valence-corrected chi connectivity index (χ4v) is 0.800. The molecule has 1 heterocycles. The molecule has 1 unspecified atom stereocenters. The number of carbonyl (C=O) groups is 1. The molecule has 8 nitrogen and oxygen atoms in total. The van der Waals surface area contributed by atoms with Crippen molar-refractivity contribution in [1.82, 2.24) is 10.2 Å².